The van der Waals surface area contributed by atoms with E-state index in [0.29, 0.717) is 6.42 Å². The van der Waals surface area contributed by atoms with Crippen molar-refractivity contribution in [1.82, 2.24) is 4.90 Å². The average molecular weight is 267 g/mol. The molecule has 0 aromatic heterocycles. The topological polar surface area (TPSA) is 57.6 Å². The lowest BCUT2D eigenvalue weighted by Gasteiger charge is -2.38. The van der Waals surface area contributed by atoms with Crippen molar-refractivity contribution in [2.24, 2.45) is 5.41 Å². The zero-order valence-corrected chi connectivity index (χ0v) is 10.1. The lowest BCUT2D eigenvalue weighted by molar-refractivity contribution is -0.166. The molecule has 1 rings (SSSR count). The van der Waals surface area contributed by atoms with Crippen molar-refractivity contribution in [3.8, 4) is 0 Å². The number of rotatable bonds is 3. The molecule has 1 fully saturated rings. The maximum Gasteiger partial charge on any atom is 0.397 e. The highest BCUT2D eigenvalue weighted by Gasteiger charge is 2.42. The van der Waals surface area contributed by atoms with Gasteiger partial charge in [-0.25, -0.2) is 0 Å². The second-order valence-corrected chi connectivity index (χ2v) is 4.61. The Bertz CT molecular complexity index is 333. The number of carbonyl (C=O) groups is 2. The minimum Gasteiger partial charge on any atom is -0.481 e. The lowest BCUT2D eigenvalue weighted by Crippen LogP contribution is -2.47. The maximum absolute atomic E-state index is 12.1. The second kappa shape index (κ2) is 5.16. The number of hydrogen-bond donors (Lipinski definition) is 1. The summed E-state index contributed by atoms with van der Waals surface area (Å²) in [5.41, 5.74) is -0.894. The molecule has 0 spiro atoms. The quantitative estimate of drug-likeness (QED) is 0.851. The van der Waals surface area contributed by atoms with Gasteiger partial charge in [0.1, 0.15) is 6.42 Å². The number of hydrogen-bond acceptors (Lipinski definition) is 2. The van der Waals surface area contributed by atoms with Crippen molar-refractivity contribution in [3.63, 3.8) is 0 Å². The van der Waals surface area contributed by atoms with E-state index in [0.717, 1.165) is 4.90 Å². The Morgan fingerprint density at radius 1 is 1.28 bits per heavy atom. The van der Waals surface area contributed by atoms with Crippen molar-refractivity contribution >= 4 is 11.9 Å². The Labute approximate surface area is 103 Å². The van der Waals surface area contributed by atoms with Gasteiger partial charge >= 0.3 is 12.1 Å². The molecule has 4 nitrogen and oxygen atoms in total. The van der Waals surface area contributed by atoms with E-state index < -0.39 is 29.9 Å². The number of alkyl halides is 3. The van der Waals surface area contributed by atoms with Crippen LogP contribution in [0, 0.1) is 5.41 Å². The van der Waals surface area contributed by atoms with Crippen LogP contribution in [0.2, 0.25) is 0 Å². The third kappa shape index (κ3) is 3.36. The van der Waals surface area contributed by atoms with E-state index in [1.165, 1.54) is 0 Å². The Balaban J connectivity index is 2.58. The maximum atomic E-state index is 12.1. The molecule has 1 N–H and O–H groups in total. The smallest absolute Gasteiger partial charge is 0.397 e. The lowest BCUT2D eigenvalue weighted by atomic mass is 9.76. The van der Waals surface area contributed by atoms with E-state index in [4.69, 9.17) is 5.11 Å². The number of amides is 1. The molecule has 18 heavy (non-hydrogen) atoms. The first-order chi connectivity index (χ1) is 8.20. The molecule has 1 saturated heterocycles. The monoisotopic (exact) mass is 267 g/mol. The fourth-order valence-electron chi connectivity index (χ4n) is 2.19. The van der Waals surface area contributed by atoms with Crippen molar-refractivity contribution in [1.29, 1.82) is 0 Å². The van der Waals surface area contributed by atoms with Crippen LogP contribution in [-0.2, 0) is 9.59 Å². The van der Waals surface area contributed by atoms with Gasteiger partial charge in [0.05, 0.1) is 5.41 Å². The predicted octanol–water partition coefficient (Wildman–Crippen LogP) is 2.04. The molecule has 104 valence electrons. The molecule has 0 atom stereocenters. The molecule has 0 unspecified atom stereocenters. The standard InChI is InChI=1S/C11H16F3NO3/c1-2-10(9(17)18)3-5-15(6-4-10)8(16)7-11(12,13)14/h2-7H2,1H3,(H,17,18). The molecule has 1 aliphatic heterocycles. The fraction of sp³-hybridized carbons (Fsp3) is 0.818. The molecule has 0 saturated carbocycles. The number of nitrogens with zero attached hydrogens (tertiary/aromatic N) is 1. The first-order valence-corrected chi connectivity index (χ1v) is 5.78. The Kier molecular flexibility index (Phi) is 4.24. The van der Waals surface area contributed by atoms with Gasteiger partial charge < -0.3 is 10.0 Å². The molecule has 0 aromatic carbocycles. The summed E-state index contributed by atoms with van der Waals surface area (Å²) in [5, 5.41) is 9.12. The van der Waals surface area contributed by atoms with Crippen LogP contribution in [0.3, 0.4) is 0 Å². The van der Waals surface area contributed by atoms with Gasteiger partial charge in [-0.15, -0.1) is 0 Å². The Morgan fingerprint density at radius 3 is 2.11 bits per heavy atom. The van der Waals surface area contributed by atoms with E-state index >= 15 is 0 Å². The van der Waals surface area contributed by atoms with Crippen LogP contribution in [0.25, 0.3) is 0 Å². The molecular weight excluding hydrogens is 251 g/mol. The molecular formula is C11H16F3NO3. The molecule has 7 heteroatoms. The Morgan fingerprint density at radius 2 is 1.78 bits per heavy atom. The summed E-state index contributed by atoms with van der Waals surface area (Å²) in [6.07, 6.45) is -5.14. The number of carboxylic acids is 1. The molecule has 0 aliphatic carbocycles. The number of piperidine rings is 1. The third-order valence-corrected chi connectivity index (χ3v) is 3.56. The second-order valence-electron chi connectivity index (χ2n) is 4.61. The summed E-state index contributed by atoms with van der Waals surface area (Å²) in [6.45, 7) is 1.89. The number of carbonyl (C=O) groups excluding carboxylic acids is 1. The van der Waals surface area contributed by atoms with Gasteiger partial charge in [-0.3, -0.25) is 9.59 Å². The van der Waals surface area contributed by atoms with Crippen molar-refractivity contribution in [3.05, 3.63) is 0 Å². The molecule has 1 aliphatic rings. The third-order valence-electron chi connectivity index (χ3n) is 3.56. The summed E-state index contributed by atoms with van der Waals surface area (Å²) in [6, 6.07) is 0. The van der Waals surface area contributed by atoms with Gasteiger partial charge in [0, 0.05) is 13.1 Å². The molecule has 0 radical (unpaired) electrons. The first kappa shape index (κ1) is 14.8. The highest BCUT2D eigenvalue weighted by atomic mass is 19.4. The van der Waals surface area contributed by atoms with Crippen molar-refractivity contribution < 1.29 is 27.9 Å². The van der Waals surface area contributed by atoms with E-state index in [2.05, 4.69) is 0 Å². The highest BCUT2D eigenvalue weighted by Crippen LogP contribution is 2.35. The summed E-state index contributed by atoms with van der Waals surface area (Å²) < 4.78 is 36.2. The molecule has 1 heterocycles. The average Bonchev–Trinajstić information content (AvgIpc) is 2.26. The van der Waals surface area contributed by atoms with E-state index in [-0.39, 0.29) is 25.9 Å². The predicted molar refractivity (Wildman–Crippen MR) is 56.8 cm³/mol. The first-order valence-electron chi connectivity index (χ1n) is 5.78. The number of carboxylic acid groups (broad SMARTS) is 1. The minimum absolute atomic E-state index is 0.0784. The van der Waals surface area contributed by atoms with Gasteiger partial charge in [0.2, 0.25) is 5.91 Å². The van der Waals surface area contributed by atoms with Crippen molar-refractivity contribution in [2.45, 2.75) is 38.8 Å². The van der Waals surface area contributed by atoms with E-state index in [1.807, 2.05) is 0 Å². The zero-order valence-electron chi connectivity index (χ0n) is 10.1. The summed E-state index contributed by atoms with van der Waals surface area (Å²) in [7, 11) is 0. The summed E-state index contributed by atoms with van der Waals surface area (Å²) in [5.74, 6) is -1.91. The van der Waals surface area contributed by atoms with Gasteiger partial charge in [-0.05, 0) is 19.3 Å². The summed E-state index contributed by atoms with van der Waals surface area (Å²) >= 11 is 0. The van der Waals surface area contributed by atoms with Crippen LogP contribution in [0.1, 0.15) is 32.6 Å². The molecule has 0 aromatic rings. The number of likely N-dealkylation sites (tertiary alicyclic amines) is 1. The largest absolute Gasteiger partial charge is 0.481 e. The van der Waals surface area contributed by atoms with Crippen LogP contribution >= 0.6 is 0 Å². The van der Waals surface area contributed by atoms with Crippen LogP contribution in [0.15, 0.2) is 0 Å². The van der Waals surface area contributed by atoms with Gasteiger partial charge in [-0.2, -0.15) is 13.2 Å². The summed E-state index contributed by atoms with van der Waals surface area (Å²) in [4.78, 5) is 23.6. The van der Waals surface area contributed by atoms with Crippen LogP contribution in [-0.4, -0.2) is 41.1 Å². The van der Waals surface area contributed by atoms with Crippen LogP contribution in [0.5, 0.6) is 0 Å². The molecule has 0 bridgehead atoms. The van der Waals surface area contributed by atoms with E-state index in [1.54, 1.807) is 6.92 Å². The minimum atomic E-state index is -4.51. The number of halogens is 3. The number of aliphatic carboxylic acids is 1. The van der Waals surface area contributed by atoms with E-state index in [9.17, 15) is 22.8 Å². The van der Waals surface area contributed by atoms with Crippen LogP contribution in [0.4, 0.5) is 13.2 Å². The van der Waals surface area contributed by atoms with Crippen LogP contribution < -0.4 is 0 Å². The van der Waals surface area contributed by atoms with Gasteiger partial charge in [-0.1, -0.05) is 6.92 Å². The Hall–Kier alpha value is -1.27. The SMILES string of the molecule is CCC1(C(=O)O)CCN(C(=O)CC(F)(F)F)CC1. The normalized spacial score (nSPS) is 19.7. The molecule has 1 amide bonds. The zero-order chi connectivity index (χ0) is 14.0. The highest BCUT2D eigenvalue weighted by molar-refractivity contribution is 5.78. The van der Waals surface area contributed by atoms with Crippen molar-refractivity contribution in [2.75, 3.05) is 13.1 Å². The van der Waals surface area contributed by atoms with Gasteiger partial charge in [0.25, 0.3) is 0 Å². The fourth-order valence-corrected chi connectivity index (χ4v) is 2.19. The van der Waals surface area contributed by atoms with Gasteiger partial charge in [0.15, 0.2) is 0 Å².